The quantitative estimate of drug-likeness (QED) is 0.809. The summed E-state index contributed by atoms with van der Waals surface area (Å²) in [5.74, 6) is -0.0349. The molecule has 0 radical (unpaired) electrons. The molecule has 1 unspecified atom stereocenters. The summed E-state index contributed by atoms with van der Waals surface area (Å²) in [5.41, 5.74) is 9.51. The fraction of sp³-hybridized carbons (Fsp3) is 0.133. The molecule has 1 atom stereocenters. The van der Waals surface area contributed by atoms with Crippen LogP contribution >= 0.6 is 39.1 Å². The van der Waals surface area contributed by atoms with Crippen molar-refractivity contribution in [2.75, 3.05) is 5.32 Å². The summed E-state index contributed by atoms with van der Waals surface area (Å²) >= 11 is 15.9. The number of carbonyl (C=O) groups excluding carboxylic acids is 1. The summed E-state index contributed by atoms with van der Waals surface area (Å²) in [6, 6.07) is 8.67. The van der Waals surface area contributed by atoms with Crippen LogP contribution in [0.2, 0.25) is 10.0 Å². The predicted molar refractivity (Wildman–Crippen MR) is 89.0 cm³/mol. The largest absolute Gasteiger partial charge is 0.325 e. The summed E-state index contributed by atoms with van der Waals surface area (Å²) in [4.78, 5) is 11.4. The van der Waals surface area contributed by atoms with Crippen LogP contribution in [0.25, 0.3) is 0 Å². The van der Waals surface area contributed by atoms with Crippen molar-refractivity contribution in [1.82, 2.24) is 0 Å². The lowest BCUT2D eigenvalue weighted by molar-refractivity contribution is -0.115. The first kappa shape index (κ1) is 14.9. The van der Waals surface area contributed by atoms with Crippen LogP contribution in [0.5, 0.6) is 0 Å². The minimum atomic E-state index is -0.455. The smallest absolute Gasteiger partial charge is 0.228 e. The van der Waals surface area contributed by atoms with Gasteiger partial charge >= 0.3 is 0 Å². The van der Waals surface area contributed by atoms with Gasteiger partial charge in [-0.2, -0.15) is 0 Å². The van der Waals surface area contributed by atoms with Crippen molar-refractivity contribution in [1.29, 1.82) is 0 Å². The second kappa shape index (κ2) is 5.61. The van der Waals surface area contributed by atoms with Gasteiger partial charge in [-0.1, -0.05) is 39.1 Å². The van der Waals surface area contributed by atoms with Gasteiger partial charge in [-0.05, 0) is 47.0 Å². The van der Waals surface area contributed by atoms with Crippen molar-refractivity contribution in [2.45, 2.75) is 12.5 Å². The van der Waals surface area contributed by atoms with Crippen LogP contribution in [-0.4, -0.2) is 5.91 Å². The Bertz CT molecular complexity index is 749. The maximum atomic E-state index is 11.4. The maximum Gasteiger partial charge on any atom is 0.228 e. The zero-order valence-electron chi connectivity index (χ0n) is 10.8. The second-order valence-corrected chi connectivity index (χ2v) is 6.63. The highest BCUT2D eigenvalue weighted by atomic mass is 79.9. The molecule has 3 N–H and O–H groups in total. The Morgan fingerprint density at radius 3 is 2.62 bits per heavy atom. The predicted octanol–water partition coefficient (Wildman–Crippen LogP) is 4.30. The Hall–Kier alpha value is -1.07. The van der Waals surface area contributed by atoms with E-state index in [1.54, 1.807) is 12.1 Å². The number of anilines is 1. The average Bonchev–Trinajstić information content (AvgIpc) is 2.79. The average molecular weight is 386 g/mol. The first-order chi connectivity index (χ1) is 9.95. The molecule has 0 bridgehead atoms. The standard InChI is InChI=1S/C15H11BrCl2N2O/c16-8-1-2-11(17)10(5-8)15(19)9-3-7-4-14(21)20-13(7)6-12(9)18/h1-3,5-6,15H,4,19H2,(H,20,21). The van der Waals surface area contributed by atoms with Gasteiger partial charge in [0.1, 0.15) is 0 Å². The molecule has 0 saturated carbocycles. The van der Waals surface area contributed by atoms with Crippen LogP contribution in [0.1, 0.15) is 22.7 Å². The number of fused-ring (bicyclic) bond motifs is 1. The Kier molecular flexibility index (Phi) is 3.97. The molecule has 3 nitrogen and oxygen atoms in total. The number of nitrogens with one attached hydrogen (secondary N) is 1. The number of rotatable bonds is 2. The van der Waals surface area contributed by atoms with Crippen molar-refractivity contribution in [3.8, 4) is 0 Å². The lowest BCUT2D eigenvalue weighted by atomic mass is 9.97. The van der Waals surface area contributed by atoms with Crippen molar-refractivity contribution in [3.63, 3.8) is 0 Å². The van der Waals surface area contributed by atoms with Crippen LogP contribution < -0.4 is 11.1 Å². The van der Waals surface area contributed by atoms with Crippen molar-refractivity contribution < 1.29 is 4.79 Å². The molecule has 1 heterocycles. The number of carbonyl (C=O) groups is 1. The Morgan fingerprint density at radius 2 is 1.86 bits per heavy atom. The van der Waals surface area contributed by atoms with Crippen LogP contribution in [-0.2, 0) is 11.2 Å². The van der Waals surface area contributed by atoms with Gasteiger partial charge in [0.25, 0.3) is 0 Å². The van der Waals surface area contributed by atoms with E-state index < -0.39 is 6.04 Å². The number of amides is 1. The van der Waals surface area contributed by atoms with Crippen LogP contribution in [0.4, 0.5) is 5.69 Å². The lowest BCUT2D eigenvalue weighted by Crippen LogP contribution is -2.13. The SMILES string of the molecule is NC(c1cc(Br)ccc1Cl)c1cc2c(cc1Cl)NC(=O)C2. The summed E-state index contributed by atoms with van der Waals surface area (Å²) in [7, 11) is 0. The van der Waals surface area contributed by atoms with E-state index in [1.807, 2.05) is 18.2 Å². The van der Waals surface area contributed by atoms with Gasteiger partial charge in [0.05, 0.1) is 12.5 Å². The Morgan fingerprint density at radius 1 is 1.14 bits per heavy atom. The number of halogens is 3. The van der Waals surface area contributed by atoms with E-state index >= 15 is 0 Å². The molecule has 1 aliphatic rings. The highest BCUT2D eigenvalue weighted by molar-refractivity contribution is 9.10. The molecule has 1 amide bonds. The molecular weight excluding hydrogens is 375 g/mol. The molecule has 108 valence electrons. The summed E-state index contributed by atoms with van der Waals surface area (Å²) in [6.07, 6.45) is 0.346. The molecule has 0 fully saturated rings. The van der Waals surface area contributed by atoms with Crippen molar-refractivity contribution >= 4 is 50.7 Å². The van der Waals surface area contributed by atoms with E-state index in [-0.39, 0.29) is 5.91 Å². The normalized spacial score (nSPS) is 14.8. The first-order valence-electron chi connectivity index (χ1n) is 6.28. The van der Waals surface area contributed by atoms with E-state index in [4.69, 9.17) is 28.9 Å². The van der Waals surface area contributed by atoms with E-state index in [0.29, 0.717) is 16.5 Å². The molecule has 1 aliphatic heterocycles. The molecule has 0 aliphatic carbocycles. The highest BCUT2D eigenvalue weighted by Gasteiger charge is 2.23. The van der Waals surface area contributed by atoms with Crippen LogP contribution in [0, 0.1) is 0 Å². The van der Waals surface area contributed by atoms with Gasteiger partial charge in [-0.15, -0.1) is 0 Å². The van der Waals surface area contributed by atoms with Gasteiger partial charge in [0, 0.05) is 20.2 Å². The zero-order chi connectivity index (χ0) is 15.1. The van der Waals surface area contributed by atoms with E-state index in [1.165, 1.54) is 0 Å². The fourth-order valence-electron chi connectivity index (χ4n) is 2.43. The number of benzene rings is 2. The molecule has 21 heavy (non-hydrogen) atoms. The Balaban J connectivity index is 2.06. The van der Waals surface area contributed by atoms with Gasteiger partial charge in [-0.3, -0.25) is 4.79 Å². The van der Waals surface area contributed by atoms with Gasteiger partial charge in [0.2, 0.25) is 5.91 Å². The van der Waals surface area contributed by atoms with Gasteiger partial charge < -0.3 is 11.1 Å². The van der Waals surface area contributed by atoms with Crippen LogP contribution in [0.3, 0.4) is 0 Å². The van der Waals surface area contributed by atoms with Crippen molar-refractivity contribution in [2.24, 2.45) is 5.73 Å². The third kappa shape index (κ3) is 2.81. The van der Waals surface area contributed by atoms with E-state index in [2.05, 4.69) is 21.2 Å². The minimum Gasteiger partial charge on any atom is -0.325 e. The number of hydrogen-bond acceptors (Lipinski definition) is 2. The highest BCUT2D eigenvalue weighted by Crippen LogP contribution is 2.36. The van der Waals surface area contributed by atoms with Crippen LogP contribution in [0.15, 0.2) is 34.8 Å². The monoisotopic (exact) mass is 384 g/mol. The Labute approximate surface area is 140 Å². The minimum absolute atomic E-state index is 0.0349. The molecule has 0 saturated heterocycles. The topological polar surface area (TPSA) is 55.1 Å². The first-order valence-corrected chi connectivity index (χ1v) is 7.83. The maximum absolute atomic E-state index is 11.4. The molecule has 0 spiro atoms. The molecule has 0 aromatic heterocycles. The molecule has 2 aromatic carbocycles. The summed E-state index contributed by atoms with van der Waals surface area (Å²) < 4.78 is 0.895. The van der Waals surface area contributed by atoms with Gasteiger partial charge in [-0.25, -0.2) is 0 Å². The molecule has 6 heteroatoms. The number of hydrogen-bond donors (Lipinski definition) is 2. The van der Waals surface area contributed by atoms with E-state index in [0.717, 1.165) is 26.9 Å². The third-order valence-corrected chi connectivity index (χ3v) is 4.64. The fourth-order valence-corrected chi connectivity index (χ4v) is 3.32. The lowest BCUT2D eigenvalue weighted by Gasteiger charge is -2.17. The van der Waals surface area contributed by atoms with E-state index in [9.17, 15) is 4.79 Å². The van der Waals surface area contributed by atoms with Gasteiger partial charge in [0.15, 0.2) is 0 Å². The molecule has 3 rings (SSSR count). The molecular formula is C15H11BrCl2N2O. The third-order valence-electron chi connectivity index (χ3n) is 3.48. The second-order valence-electron chi connectivity index (χ2n) is 4.90. The summed E-state index contributed by atoms with van der Waals surface area (Å²) in [5, 5.41) is 3.86. The molecule has 2 aromatic rings. The van der Waals surface area contributed by atoms with Crippen molar-refractivity contribution in [3.05, 3.63) is 61.5 Å². The summed E-state index contributed by atoms with van der Waals surface area (Å²) in [6.45, 7) is 0. The number of nitrogens with two attached hydrogens (primary N) is 1. The zero-order valence-corrected chi connectivity index (χ0v) is 13.9.